The van der Waals surface area contributed by atoms with Crippen molar-refractivity contribution in [2.24, 2.45) is 16.9 Å². The topological polar surface area (TPSA) is 69.1 Å². The minimum absolute atomic E-state index is 0.127. The van der Waals surface area contributed by atoms with E-state index in [1.54, 1.807) is 0 Å². The maximum atomic E-state index is 11.2. The number of carbonyl (C=O) groups excluding carboxylic acids is 1. The molecule has 0 saturated heterocycles. The fraction of sp³-hybridized carbons (Fsp3) is 0.353. The molecule has 112 valence electrons. The van der Waals surface area contributed by atoms with E-state index in [0.29, 0.717) is 12.8 Å². The predicted molar refractivity (Wildman–Crippen MR) is 90.8 cm³/mol. The van der Waals surface area contributed by atoms with Crippen LogP contribution in [0.4, 0.5) is 0 Å². The maximum absolute atomic E-state index is 11.2. The smallest absolute Gasteiger partial charge is 0.217 e. The zero-order valence-electron chi connectivity index (χ0n) is 12.4. The Labute approximate surface area is 133 Å². The Hall–Kier alpha value is -1.39. The summed E-state index contributed by atoms with van der Waals surface area (Å²) < 4.78 is 1.06. The highest BCUT2D eigenvalue weighted by molar-refractivity contribution is 9.10. The van der Waals surface area contributed by atoms with E-state index in [0.717, 1.165) is 20.8 Å². The van der Waals surface area contributed by atoms with Gasteiger partial charge in [0, 0.05) is 16.9 Å². The lowest BCUT2D eigenvalue weighted by Crippen LogP contribution is -2.27. The molecule has 0 bridgehead atoms. The van der Waals surface area contributed by atoms with E-state index in [4.69, 9.17) is 11.5 Å². The van der Waals surface area contributed by atoms with Gasteiger partial charge in [0.25, 0.3) is 0 Å². The molecule has 0 radical (unpaired) electrons. The number of rotatable bonds is 5. The number of halogens is 1. The molecule has 0 aliphatic heterocycles. The molecule has 0 saturated carbocycles. The Bertz CT molecular complexity index is 667. The second-order valence-corrected chi connectivity index (χ2v) is 7.15. The summed E-state index contributed by atoms with van der Waals surface area (Å²) in [5.74, 6) is -0.284. The minimum Gasteiger partial charge on any atom is -0.370 e. The molecule has 2 rings (SSSR count). The third-order valence-electron chi connectivity index (χ3n) is 3.73. The first-order valence-electron chi connectivity index (χ1n) is 7.01. The zero-order chi connectivity index (χ0) is 15.6. The molecule has 2 aromatic rings. The monoisotopic (exact) mass is 348 g/mol. The first-order chi connectivity index (χ1) is 9.80. The lowest BCUT2D eigenvalue weighted by molar-refractivity contribution is -0.120. The largest absolute Gasteiger partial charge is 0.370 e. The molecular weight excluding hydrogens is 328 g/mol. The molecule has 1 atom stereocenters. The molecule has 21 heavy (non-hydrogen) atoms. The van der Waals surface area contributed by atoms with Crippen molar-refractivity contribution in [3.05, 3.63) is 46.4 Å². The molecule has 4 N–H and O–H groups in total. The van der Waals surface area contributed by atoms with Crippen LogP contribution in [0, 0.1) is 5.41 Å². The van der Waals surface area contributed by atoms with Crippen LogP contribution in [0.2, 0.25) is 0 Å². The molecule has 0 spiro atoms. The van der Waals surface area contributed by atoms with Crippen LogP contribution in [0.3, 0.4) is 0 Å². The summed E-state index contributed by atoms with van der Waals surface area (Å²) in [6, 6.07) is 12.1. The van der Waals surface area contributed by atoms with Gasteiger partial charge in [0.15, 0.2) is 0 Å². The minimum atomic E-state index is -0.284. The summed E-state index contributed by atoms with van der Waals surface area (Å²) in [5, 5.41) is 2.30. The number of hydrogen-bond acceptors (Lipinski definition) is 2. The van der Waals surface area contributed by atoms with E-state index in [2.05, 4.69) is 34.1 Å². The lowest BCUT2D eigenvalue weighted by Gasteiger charge is -2.27. The van der Waals surface area contributed by atoms with Crippen LogP contribution in [0.25, 0.3) is 10.8 Å². The molecule has 0 aliphatic rings. The van der Waals surface area contributed by atoms with Crippen molar-refractivity contribution in [2.45, 2.75) is 32.7 Å². The van der Waals surface area contributed by atoms with Gasteiger partial charge in [-0.2, -0.15) is 0 Å². The fourth-order valence-electron chi connectivity index (χ4n) is 2.86. The van der Waals surface area contributed by atoms with Crippen LogP contribution in [-0.2, 0) is 4.79 Å². The summed E-state index contributed by atoms with van der Waals surface area (Å²) >= 11 is 3.57. The van der Waals surface area contributed by atoms with Gasteiger partial charge in [0.1, 0.15) is 0 Å². The van der Waals surface area contributed by atoms with E-state index in [-0.39, 0.29) is 17.4 Å². The molecule has 4 heteroatoms. The molecule has 0 heterocycles. The predicted octanol–water partition coefficient (Wildman–Crippen LogP) is 3.89. The van der Waals surface area contributed by atoms with E-state index in [1.807, 2.05) is 32.0 Å². The Balaban J connectivity index is 2.34. The van der Waals surface area contributed by atoms with Crippen molar-refractivity contribution in [1.29, 1.82) is 0 Å². The summed E-state index contributed by atoms with van der Waals surface area (Å²) in [7, 11) is 0. The van der Waals surface area contributed by atoms with Gasteiger partial charge in [-0.3, -0.25) is 4.79 Å². The van der Waals surface area contributed by atoms with Gasteiger partial charge in [0.2, 0.25) is 5.91 Å². The van der Waals surface area contributed by atoms with Gasteiger partial charge in [-0.15, -0.1) is 0 Å². The lowest BCUT2D eigenvalue weighted by atomic mass is 9.80. The second-order valence-electron chi connectivity index (χ2n) is 6.30. The molecule has 0 fully saturated rings. The average Bonchev–Trinajstić information content (AvgIpc) is 2.37. The molecule has 3 nitrogen and oxygen atoms in total. The Morgan fingerprint density at radius 3 is 2.43 bits per heavy atom. The molecule has 2 aromatic carbocycles. The quantitative estimate of drug-likeness (QED) is 0.860. The van der Waals surface area contributed by atoms with Gasteiger partial charge in [-0.1, -0.05) is 60.1 Å². The van der Waals surface area contributed by atoms with E-state index in [9.17, 15) is 4.79 Å². The number of nitrogens with two attached hydrogens (primary N) is 2. The van der Waals surface area contributed by atoms with Crippen molar-refractivity contribution in [3.8, 4) is 0 Å². The van der Waals surface area contributed by atoms with Crippen LogP contribution < -0.4 is 11.5 Å². The number of primary amides is 1. The first-order valence-corrected chi connectivity index (χ1v) is 7.80. The Kier molecular flexibility index (Phi) is 4.69. The van der Waals surface area contributed by atoms with Gasteiger partial charge >= 0.3 is 0 Å². The van der Waals surface area contributed by atoms with Gasteiger partial charge < -0.3 is 11.5 Å². The summed E-state index contributed by atoms with van der Waals surface area (Å²) in [6.45, 7) is 4.05. The normalized spacial score (nSPS) is 13.3. The summed E-state index contributed by atoms with van der Waals surface area (Å²) in [6.07, 6.45) is 1.05. The first kappa shape index (κ1) is 16.0. The summed E-state index contributed by atoms with van der Waals surface area (Å²) in [5.41, 5.74) is 12.6. The molecule has 1 unspecified atom stereocenters. The standard InChI is InChI=1S/C17H21BrN2O/c1-17(2,10-16(20)21)9-15(19)13-7-8-14(18)12-6-4-3-5-11(12)13/h3-8,15H,9-10,19H2,1-2H3,(H2,20,21). The fourth-order valence-corrected chi connectivity index (χ4v) is 3.34. The van der Waals surface area contributed by atoms with Crippen LogP contribution in [0.15, 0.2) is 40.9 Å². The van der Waals surface area contributed by atoms with Gasteiger partial charge in [-0.05, 0) is 34.2 Å². The van der Waals surface area contributed by atoms with E-state index >= 15 is 0 Å². The van der Waals surface area contributed by atoms with E-state index in [1.165, 1.54) is 0 Å². The van der Waals surface area contributed by atoms with Crippen LogP contribution in [0.1, 0.15) is 38.3 Å². The highest BCUT2D eigenvalue weighted by Crippen LogP contribution is 2.35. The van der Waals surface area contributed by atoms with Crippen LogP contribution in [0.5, 0.6) is 0 Å². The van der Waals surface area contributed by atoms with E-state index < -0.39 is 0 Å². The Morgan fingerprint density at radius 2 is 1.81 bits per heavy atom. The molecule has 1 amide bonds. The van der Waals surface area contributed by atoms with Crippen LogP contribution in [-0.4, -0.2) is 5.91 Å². The van der Waals surface area contributed by atoms with Crippen molar-refractivity contribution in [3.63, 3.8) is 0 Å². The Morgan fingerprint density at radius 1 is 1.19 bits per heavy atom. The average molecular weight is 349 g/mol. The number of hydrogen-bond donors (Lipinski definition) is 2. The van der Waals surface area contributed by atoms with Crippen molar-refractivity contribution >= 4 is 32.6 Å². The highest BCUT2D eigenvalue weighted by atomic mass is 79.9. The third kappa shape index (κ3) is 3.83. The molecule has 0 aliphatic carbocycles. The molecule has 0 aromatic heterocycles. The van der Waals surface area contributed by atoms with Gasteiger partial charge in [0.05, 0.1) is 0 Å². The van der Waals surface area contributed by atoms with Crippen molar-refractivity contribution in [1.82, 2.24) is 0 Å². The van der Waals surface area contributed by atoms with Crippen molar-refractivity contribution < 1.29 is 4.79 Å². The second kappa shape index (κ2) is 6.16. The highest BCUT2D eigenvalue weighted by Gasteiger charge is 2.25. The summed E-state index contributed by atoms with van der Waals surface area (Å²) in [4.78, 5) is 11.2. The van der Waals surface area contributed by atoms with Crippen LogP contribution >= 0.6 is 15.9 Å². The number of benzene rings is 2. The number of fused-ring (bicyclic) bond motifs is 1. The zero-order valence-corrected chi connectivity index (χ0v) is 14.0. The number of carbonyl (C=O) groups is 1. The third-order valence-corrected chi connectivity index (χ3v) is 4.42. The molecular formula is C17H21BrN2O. The SMILES string of the molecule is CC(C)(CC(N)=O)CC(N)c1ccc(Br)c2ccccc12. The number of amides is 1. The van der Waals surface area contributed by atoms with Crippen molar-refractivity contribution in [2.75, 3.05) is 0 Å². The van der Waals surface area contributed by atoms with Gasteiger partial charge in [-0.25, -0.2) is 0 Å². The maximum Gasteiger partial charge on any atom is 0.217 e.